The van der Waals surface area contributed by atoms with E-state index in [2.05, 4.69) is 9.97 Å². The van der Waals surface area contributed by atoms with Crippen molar-refractivity contribution in [2.75, 3.05) is 5.75 Å². The van der Waals surface area contributed by atoms with Crippen LogP contribution in [0.15, 0.2) is 34.1 Å². The molecule has 3 rings (SSSR count). The van der Waals surface area contributed by atoms with Crippen molar-refractivity contribution in [1.82, 2.24) is 9.97 Å². The van der Waals surface area contributed by atoms with Gasteiger partial charge in [0.05, 0.1) is 16.3 Å². The molecule has 0 saturated carbocycles. The number of hydrogen-bond acceptors (Lipinski definition) is 3. The molecule has 0 spiro atoms. The van der Waals surface area contributed by atoms with Gasteiger partial charge in [-0.2, -0.15) is 0 Å². The fourth-order valence-corrected chi connectivity index (χ4v) is 3.88. The third kappa shape index (κ3) is 1.78. The summed E-state index contributed by atoms with van der Waals surface area (Å²) in [5.74, 6) is 0.223. The number of sulfone groups is 1. The van der Waals surface area contributed by atoms with Crippen LogP contribution in [-0.2, 0) is 16.3 Å². The Labute approximate surface area is 104 Å². The highest BCUT2D eigenvalue weighted by Crippen LogP contribution is 2.28. The third-order valence-corrected chi connectivity index (χ3v) is 5.06. The molecule has 0 aliphatic carbocycles. The molecule has 6 heteroatoms. The molecule has 0 bridgehead atoms. The number of aromatic nitrogens is 2. The second kappa shape index (κ2) is 3.84. The van der Waals surface area contributed by atoms with Crippen molar-refractivity contribution in [1.29, 1.82) is 0 Å². The minimum absolute atomic E-state index is 0.223. The van der Waals surface area contributed by atoms with Crippen LogP contribution in [0.3, 0.4) is 0 Å². The molecule has 0 radical (unpaired) electrons. The second-order valence-corrected chi connectivity index (χ2v) is 6.48. The zero-order chi connectivity index (χ0) is 12.8. The largest absolute Gasteiger partial charge is 0.323 e. The molecule has 0 saturated heterocycles. The Hall–Kier alpha value is -1.82. The minimum atomic E-state index is -3.12. The van der Waals surface area contributed by atoms with Crippen LogP contribution in [0.5, 0.6) is 0 Å². The molecule has 94 valence electrons. The van der Waals surface area contributed by atoms with Gasteiger partial charge >= 0.3 is 5.69 Å². The number of imidazole rings is 1. The first-order valence-electron chi connectivity index (χ1n) is 5.70. The predicted octanol–water partition coefficient (Wildman–Crippen LogP) is 1.09. The molecule has 0 unspecified atom stereocenters. The van der Waals surface area contributed by atoms with Crippen molar-refractivity contribution in [3.05, 3.63) is 40.4 Å². The maximum atomic E-state index is 11.9. The highest BCUT2D eigenvalue weighted by molar-refractivity contribution is 7.91. The van der Waals surface area contributed by atoms with Crippen LogP contribution in [0.1, 0.15) is 12.0 Å². The maximum absolute atomic E-state index is 11.9. The number of rotatable bonds is 1. The molecule has 2 heterocycles. The standard InChI is InChI=1S/C12H12N2O3S/c15-12-13-7-10(14-12)8-3-4-11-9(6-8)2-1-5-18(11,16)17/h3-4,6-7H,1-2,5H2,(H2,13,14,15). The molecular formula is C12H12N2O3S. The topological polar surface area (TPSA) is 82.8 Å². The highest BCUT2D eigenvalue weighted by Gasteiger charge is 2.23. The summed E-state index contributed by atoms with van der Waals surface area (Å²) >= 11 is 0. The van der Waals surface area contributed by atoms with Crippen LogP contribution in [0, 0.1) is 0 Å². The van der Waals surface area contributed by atoms with Crippen molar-refractivity contribution in [3.8, 4) is 11.3 Å². The highest BCUT2D eigenvalue weighted by atomic mass is 32.2. The lowest BCUT2D eigenvalue weighted by Crippen LogP contribution is -2.15. The van der Waals surface area contributed by atoms with Crippen molar-refractivity contribution in [3.63, 3.8) is 0 Å². The smallest absolute Gasteiger partial charge is 0.312 e. The average molecular weight is 264 g/mol. The van der Waals surface area contributed by atoms with Crippen LogP contribution >= 0.6 is 0 Å². The summed E-state index contributed by atoms with van der Waals surface area (Å²) in [7, 11) is -3.12. The van der Waals surface area contributed by atoms with Gasteiger partial charge in [0, 0.05) is 6.20 Å². The van der Waals surface area contributed by atoms with E-state index in [-0.39, 0.29) is 11.4 Å². The Morgan fingerprint density at radius 3 is 2.78 bits per heavy atom. The molecule has 18 heavy (non-hydrogen) atoms. The van der Waals surface area contributed by atoms with Crippen molar-refractivity contribution < 1.29 is 8.42 Å². The van der Waals surface area contributed by atoms with Crippen LogP contribution in [0.25, 0.3) is 11.3 Å². The normalized spacial score (nSPS) is 17.3. The number of aromatic amines is 2. The maximum Gasteiger partial charge on any atom is 0.323 e. The molecule has 2 aromatic rings. The van der Waals surface area contributed by atoms with E-state index < -0.39 is 9.84 Å². The fourth-order valence-electron chi connectivity index (χ4n) is 2.30. The van der Waals surface area contributed by atoms with Crippen LogP contribution in [0.4, 0.5) is 0 Å². The predicted molar refractivity (Wildman–Crippen MR) is 67.2 cm³/mol. The Morgan fingerprint density at radius 1 is 1.22 bits per heavy atom. The number of fused-ring (bicyclic) bond motifs is 1. The summed E-state index contributed by atoms with van der Waals surface area (Å²) in [5, 5.41) is 0. The van der Waals surface area contributed by atoms with Gasteiger partial charge in [0.1, 0.15) is 0 Å². The van der Waals surface area contributed by atoms with E-state index >= 15 is 0 Å². The summed E-state index contributed by atoms with van der Waals surface area (Å²) < 4.78 is 23.7. The molecule has 1 aliphatic rings. The monoisotopic (exact) mass is 264 g/mol. The molecule has 5 nitrogen and oxygen atoms in total. The molecule has 1 aromatic carbocycles. The third-order valence-electron chi connectivity index (χ3n) is 3.16. The van der Waals surface area contributed by atoms with Crippen LogP contribution < -0.4 is 5.69 Å². The summed E-state index contributed by atoms with van der Waals surface area (Å²) in [6.07, 6.45) is 3.00. The van der Waals surface area contributed by atoms with Gasteiger partial charge in [-0.05, 0) is 36.1 Å². The average Bonchev–Trinajstić information content (AvgIpc) is 2.75. The molecule has 2 N–H and O–H groups in total. The van der Waals surface area contributed by atoms with Crippen molar-refractivity contribution >= 4 is 9.84 Å². The quantitative estimate of drug-likeness (QED) is 0.808. The zero-order valence-electron chi connectivity index (χ0n) is 9.56. The fraction of sp³-hybridized carbons (Fsp3) is 0.250. The van der Waals surface area contributed by atoms with E-state index in [1.54, 1.807) is 18.3 Å². The van der Waals surface area contributed by atoms with Crippen molar-refractivity contribution in [2.24, 2.45) is 0 Å². The molecule has 0 atom stereocenters. The number of benzene rings is 1. The Kier molecular flexibility index (Phi) is 2.41. The van der Waals surface area contributed by atoms with E-state index in [1.807, 2.05) is 6.07 Å². The lowest BCUT2D eigenvalue weighted by Gasteiger charge is -2.16. The van der Waals surface area contributed by atoms with Crippen LogP contribution in [0.2, 0.25) is 0 Å². The first-order chi connectivity index (χ1) is 8.56. The van der Waals surface area contributed by atoms with Gasteiger partial charge < -0.3 is 9.97 Å². The molecular weight excluding hydrogens is 252 g/mol. The summed E-state index contributed by atoms with van der Waals surface area (Å²) in [6.45, 7) is 0. The van der Waals surface area contributed by atoms with E-state index in [0.29, 0.717) is 17.0 Å². The zero-order valence-corrected chi connectivity index (χ0v) is 10.4. The Bertz CT molecular complexity index is 756. The second-order valence-electron chi connectivity index (χ2n) is 4.40. The molecule has 1 aromatic heterocycles. The van der Waals surface area contributed by atoms with Crippen molar-refractivity contribution in [2.45, 2.75) is 17.7 Å². The summed E-state index contributed by atoms with van der Waals surface area (Å²) in [4.78, 5) is 16.7. The van der Waals surface area contributed by atoms with Gasteiger partial charge in [-0.15, -0.1) is 0 Å². The first-order valence-corrected chi connectivity index (χ1v) is 7.35. The van der Waals surface area contributed by atoms with E-state index in [4.69, 9.17) is 0 Å². The summed E-state index contributed by atoms with van der Waals surface area (Å²) in [5.41, 5.74) is 2.06. The lowest BCUT2D eigenvalue weighted by molar-refractivity contribution is 0.586. The van der Waals surface area contributed by atoms with E-state index in [9.17, 15) is 13.2 Å². The molecule has 0 fully saturated rings. The van der Waals surface area contributed by atoms with Gasteiger partial charge in [-0.3, -0.25) is 0 Å². The minimum Gasteiger partial charge on any atom is -0.312 e. The molecule has 1 aliphatic heterocycles. The number of nitrogens with one attached hydrogen (secondary N) is 2. The van der Waals surface area contributed by atoms with Gasteiger partial charge in [0.25, 0.3) is 0 Å². The number of hydrogen-bond donors (Lipinski definition) is 2. The number of H-pyrrole nitrogens is 2. The van der Waals surface area contributed by atoms with E-state index in [0.717, 1.165) is 17.5 Å². The SMILES string of the molecule is O=c1[nH]cc(-c2ccc3c(c2)CCCS3(=O)=O)[nH]1. The number of aryl methyl sites for hydroxylation is 1. The first kappa shape index (κ1) is 11.3. The van der Waals surface area contributed by atoms with Gasteiger partial charge in [-0.25, -0.2) is 13.2 Å². The van der Waals surface area contributed by atoms with Gasteiger partial charge in [-0.1, -0.05) is 6.07 Å². The van der Waals surface area contributed by atoms with Crippen LogP contribution in [-0.4, -0.2) is 24.1 Å². The van der Waals surface area contributed by atoms with E-state index in [1.165, 1.54) is 0 Å². The Balaban J connectivity index is 2.15. The lowest BCUT2D eigenvalue weighted by atomic mass is 10.0. The van der Waals surface area contributed by atoms with Gasteiger partial charge in [0.2, 0.25) is 0 Å². The van der Waals surface area contributed by atoms with Gasteiger partial charge in [0.15, 0.2) is 9.84 Å². The molecule has 0 amide bonds. The Morgan fingerprint density at radius 2 is 2.06 bits per heavy atom. The summed E-state index contributed by atoms with van der Waals surface area (Å²) in [6, 6.07) is 5.19.